The first-order valence-electron chi connectivity index (χ1n) is 10.1. The Morgan fingerprint density at radius 3 is 2.48 bits per heavy atom. The molecule has 147 valence electrons. The number of para-hydroxylation sites is 1. The Morgan fingerprint density at radius 2 is 1.66 bits per heavy atom. The predicted molar refractivity (Wildman–Crippen MR) is 111 cm³/mol. The molecular formula is C25H22IrN2O. The third-order valence-corrected chi connectivity index (χ3v) is 6.18. The normalized spacial score (nSPS) is 14.4. The summed E-state index contributed by atoms with van der Waals surface area (Å²) in [6.07, 6.45) is 8.08. The summed E-state index contributed by atoms with van der Waals surface area (Å²) < 4.78 is 10.6. The number of imidazole rings is 1. The van der Waals surface area contributed by atoms with E-state index < -0.39 is 0 Å². The van der Waals surface area contributed by atoms with Gasteiger partial charge in [-0.3, -0.25) is 0 Å². The van der Waals surface area contributed by atoms with Crippen LogP contribution in [0.5, 0.6) is 11.5 Å². The predicted octanol–water partition coefficient (Wildman–Crippen LogP) is 5.62. The SMILES string of the molecule is Cn1[cH+]n(-c2[c-]cc3c(c2)Cc2ccccc2O3)c2cc3c(cc21)CCCC3.[Ir]. The molecule has 2 aliphatic rings. The standard InChI is InChI=1S/C25H22N2O.Ir/c1-26-16-27(23-15-18-7-3-2-6-17(18)14-22(23)26)21-10-11-25-20(13-21)12-19-8-4-5-9-24(19)28-25;/h4-5,8-9,11,13-16H,2-3,6-7,12H2,1H3;. The molecule has 0 unspecified atom stereocenters. The van der Waals surface area contributed by atoms with Gasteiger partial charge >= 0.3 is 0 Å². The molecular weight excluding hydrogens is 537 g/mol. The number of hydrogen-bond donors (Lipinski definition) is 0. The van der Waals surface area contributed by atoms with Crippen molar-refractivity contribution >= 4 is 11.0 Å². The van der Waals surface area contributed by atoms with Crippen LogP contribution in [0, 0.1) is 6.07 Å². The van der Waals surface area contributed by atoms with Crippen LogP contribution in [-0.4, -0.2) is 9.13 Å². The summed E-state index contributed by atoms with van der Waals surface area (Å²) >= 11 is 0. The number of fused-ring (bicyclic) bond motifs is 4. The molecule has 3 nitrogen and oxygen atoms in total. The number of ether oxygens (including phenoxy) is 1. The number of benzene rings is 3. The fraction of sp³-hybridized carbons (Fsp3) is 0.240. The molecule has 1 aromatic heterocycles. The van der Waals surface area contributed by atoms with Crippen LogP contribution in [0.4, 0.5) is 0 Å². The van der Waals surface area contributed by atoms with Gasteiger partial charge in [0, 0.05) is 50.7 Å². The third kappa shape index (κ3) is 3.02. The van der Waals surface area contributed by atoms with E-state index in [0.29, 0.717) is 0 Å². The topological polar surface area (TPSA) is 19.1 Å². The first-order valence-corrected chi connectivity index (χ1v) is 10.1. The molecule has 1 radical (unpaired) electrons. The van der Waals surface area contributed by atoms with Crippen molar-refractivity contribution in [2.45, 2.75) is 32.1 Å². The molecule has 0 fully saturated rings. The van der Waals surface area contributed by atoms with Crippen LogP contribution in [0.3, 0.4) is 0 Å². The van der Waals surface area contributed by atoms with Crippen LogP contribution >= 0.6 is 0 Å². The van der Waals surface area contributed by atoms with Gasteiger partial charge in [0.25, 0.3) is 0 Å². The summed E-state index contributed by atoms with van der Waals surface area (Å²) in [7, 11) is 2.13. The van der Waals surface area contributed by atoms with E-state index in [9.17, 15) is 0 Å². The second-order valence-corrected chi connectivity index (χ2v) is 8.01. The maximum absolute atomic E-state index is 6.09. The van der Waals surface area contributed by atoms with Crippen molar-refractivity contribution in [1.29, 1.82) is 0 Å². The van der Waals surface area contributed by atoms with Gasteiger partial charge in [0.2, 0.25) is 0 Å². The van der Waals surface area contributed by atoms with Gasteiger partial charge in [-0.15, -0.1) is 17.7 Å². The van der Waals surface area contributed by atoms with E-state index in [1.54, 1.807) is 0 Å². The molecule has 0 atom stereocenters. The van der Waals surface area contributed by atoms with Crippen LogP contribution in [0.15, 0.2) is 54.9 Å². The monoisotopic (exact) mass is 559 g/mol. The average molecular weight is 559 g/mol. The number of hydrogen-bond acceptors (Lipinski definition) is 1. The Kier molecular flexibility index (Phi) is 4.57. The summed E-state index contributed by atoms with van der Waals surface area (Å²) in [6.45, 7) is 0. The molecule has 3 aromatic carbocycles. The van der Waals surface area contributed by atoms with Gasteiger partial charge in [-0.25, -0.2) is 9.13 Å². The molecule has 0 bridgehead atoms. The second-order valence-electron chi connectivity index (χ2n) is 8.01. The van der Waals surface area contributed by atoms with E-state index in [-0.39, 0.29) is 20.1 Å². The van der Waals surface area contributed by atoms with Gasteiger partial charge in [-0.05, 0) is 54.9 Å². The molecule has 4 aromatic rings. The number of aryl methyl sites for hydroxylation is 3. The van der Waals surface area contributed by atoms with Crippen molar-refractivity contribution in [2.75, 3.05) is 0 Å². The van der Waals surface area contributed by atoms with Crippen LogP contribution in [0.25, 0.3) is 16.7 Å². The Balaban J connectivity index is 0.00000181. The van der Waals surface area contributed by atoms with Crippen molar-refractivity contribution in [1.82, 2.24) is 9.13 Å². The van der Waals surface area contributed by atoms with Crippen LogP contribution in [-0.2, 0) is 46.4 Å². The van der Waals surface area contributed by atoms with Crippen LogP contribution in [0.2, 0.25) is 0 Å². The van der Waals surface area contributed by atoms with Crippen molar-refractivity contribution in [3.8, 4) is 17.2 Å². The van der Waals surface area contributed by atoms with Crippen molar-refractivity contribution in [3.63, 3.8) is 0 Å². The van der Waals surface area contributed by atoms with Gasteiger partial charge in [0.05, 0.1) is 0 Å². The number of aromatic nitrogens is 2. The zero-order valence-electron chi connectivity index (χ0n) is 16.4. The fourth-order valence-electron chi connectivity index (χ4n) is 4.68. The van der Waals surface area contributed by atoms with E-state index in [0.717, 1.165) is 23.6 Å². The summed E-state index contributed by atoms with van der Waals surface area (Å²) in [5, 5.41) is 0. The summed E-state index contributed by atoms with van der Waals surface area (Å²) in [6, 6.07) is 20.7. The quantitative estimate of drug-likeness (QED) is 0.244. The minimum atomic E-state index is 0. The molecule has 0 N–H and O–H groups in total. The minimum Gasteiger partial charge on any atom is -0.516 e. The third-order valence-electron chi connectivity index (χ3n) is 6.18. The van der Waals surface area contributed by atoms with Crippen molar-refractivity contribution in [3.05, 3.63) is 83.2 Å². The average Bonchev–Trinajstić information content (AvgIpc) is 3.06. The summed E-state index contributed by atoms with van der Waals surface area (Å²) in [5.41, 5.74) is 9.10. The first kappa shape index (κ1) is 18.6. The number of nitrogens with zero attached hydrogens (tertiary/aromatic N) is 2. The Morgan fingerprint density at radius 1 is 0.897 bits per heavy atom. The van der Waals surface area contributed by atoms with Gasteiger partial charge in [-0.1, -0.05) is 24.3 Å². The van der Waals surface area contributed by atoms with Gasteiger partial charge in [0.1, 0.15) is 5.75 Å². The van der Waals surface area contributed by atoms with E-state index in [1.807, 2.05) is 18.2 Å². The molecule has 2 heterocycles. The Hall–Kier alpha value is -2.42. The summed E-state index contributed by atoms with van der Waals surface area (Å²) in [4.78, 5) is 0. The van der Waals surface area contributed by atoms with E-state index >= 15 is 0 Å². The molecule has 0 spiro atoms. The smallest absolute Gasteiger partial charge is 0.189 e. The van der Waals surface area contributed by atoms with Gasteiger partial charge in [0.15, 0.2) is 17.4 Å². The zero-order chi connectivity index (χ0) is 18.7. The Bertz CT molecular complexity index is 1240. The molecule has 6 rings (SSSR count). The largest absolute Gasteiger partial charge is 0.516 e. The number of rotatable bonds is 1. The van der Waals surface area contributed by atoms with Crippen LogP contribution in [0.1, 0.15) is 35.1 Å². The van der Waals surface area contributed by atoms with E-state index in [1.165, 1.54) is 59.0 Å². The van der Waals surface area contributed by atoms with E-state index in [2.05, 4.69) is 58.9 Å². The zero-order valence-corrected chi connectivity index (χ0v) is 18.8. The second kappa shape index (κ2) is 7.12. The molecule has 1 aliphatic carbocycles. The van der Waals surface area contributed by atoms with Gasteiger partial charge in [-0.2, -0.15) is 0 Å². The maximum atomic E-state index is 6.09. The van der Waals surface area contributed by atoms with E-state index in [4.69, 9.17) is 4.74 Å². The van der Waals surface area contributed by atoms with Gasteiger partial charge < -0.3 is 4.74 Å². The summed E-state index contributed by atoms with van der Waals surface area (Å²) in [5.74, 6) is 1.88. The van der Waals surface area contributed by atoms with Crippen molar-refractivity contribution < 1.29 is 24.8 Å². The Labute approximate surface area is 184 Å². The van der Waals surface area contributed by atoms with Crippen LogP contribution < -0.4 is 4.74 Å². The first-order chi connectivity index (χ1) is 13.8. The molecule has 0 amide bonds. The molecule has 1 aliphatic heterocycles. The maximum Gasteiger partial charge on any atom is 0.189 e. The van der Waals surface area contributed by atoms with Crippen molar-refractivity contribution in [2.24, 2.45) is 7.05 Å². The molecule has 4 heteroatoms. The molecule has 0 saturated carbocycles. The minimum absolute atomic E-state index is 0. The fourth-order valence-corrected chi connectivity index (χ4v) is 4.68. The molecule has 29 heavy (non-hydrogen) atoms. The molecule has 0 saturated heterocycles.